The summed E-state index contributed by atoms with van der Waals surface area (Å²) in [7, 11) is 1.42. The van der Waals surface area contributed by atoms with Crippen LogP contribution in [0.2, 0.25) is 0 Å². The second kappa shape index (κ2) is 5.46. The van der Waals surface area contributed by atoms with Gasteiger partial charge < -0.3 is 14.6 Å². The predicted molar refractivity (Wildman–Crippen MR) is 73.1 cm³/mol. The van der Waals surface area contributed by atoms with E-state index < -0.39 is 0 Å². The zero-order valence-corrected chi connectivity index (χ0v) is 11.4. The number of aromatic nitrogens is 3. The summed E-state index contributed by atoms with van der Waals surface area (Å²) in [6, 6.07) is 0. The number of piperazine rings is 1. The maximum absolute atomic E-state index is 11.4. The molecule has 0 unspecified atom stereocenters. The van der Waals surface area contributed by atoms with Crippen LogP contribution in [0.1, 0.15) is 5.56 Å². The number of hydrogen-bond acceptors (Lipinski definition) is 5. The van der Waals surface area contributed by atoms with Crippen molar-refractivity contribution < 1.29 is 9.53 Å². The fourth-order valence-electron chi connectivity index (χ4n) is 2.50. The standard InChI is InChI=1S/C13H17N5O2/c1-20-13(19)18-4-2-17(3-5-18)8-10-6-15-12-11(10)7-14-9-16-12/h6-7,9H,2-5,8H2,1H3,(H,14,15,16). The Morgan fingerprint density at radius 2 is 2.20 bits per heavy atom. The van der Waals surface area contributed by atoms with Crippen molar-refractivity contribution in [2.75, 3.05) is 33.3 Å². The number of methoxy groups -OCH3 is 1. The smallest absolute Gasteiger partial charge is 0.409 e. The van der Waals surface area contributed by atoms with Gasteiger partial charge in [0, 0.05) is 50.5 Å². The molecule has 3 heterocycles. The van der Waals surface area contributed by atoms with Gasteiger partial charge in [-0.15, -0.1) is 0 Å². The number of amides is 1. The van der Waals surface area contributed by atoms with Crippen molar-refractivity contribution in [2.24, 2.45) is 0 Å². The average Bonchev–Trinajstić information content (AvgIpc) is 2.91. The molecule has 1 fully saturated rings. The minimum atomic E-state index is -0.245. The Balaban J connectivity index is 1.64. The summed E-state index contributed by atoms with van der Waals surface area (Å²) in [5.74, 6) is 0. The van der Waals surface area contributed by atoms with Gasteiger partial charge in [0.2, 0.25) is 0 Å². The zero-order chi connectivity index (χ0) is 13.9. The molecule has 2 aromatic heterocycles. The third-order valence-electron chi connectivity index (χ3n) is 3.64. The summed E-state index contributed by atoms with van der Waals surface area (Å²) in [5, 5.41) is 1.06. The van der Waals surface area contributed by atoms with E-state index in [-0.39, 0.29) is 6.09 Å². The lowest BCUT2D eigenvalue weighted by Gasteiger charge is -2.33. The van der Waals surface area contributed by atoms with Crippen molar-refractivity contribution in [1.82, 2.24) is 24.8 Å². The highest BCUT2D eigenvalue weighted by atomic mass is 16.5. The second-order valence-electron chi connectivity index (χ2n) is 4.83. The largest absolute Gasteiger partial charge is 0.453 e. The molecular formula is C13H17N5O2. The van der Waals surface area contributed by atoms with Gasteiger partial charge in [-0.2, -0.15) is 0 Å². The van der Waals surface area contributed by atoms with Crippen molar-refractivity contribution >= 4 is 17.1 Å². The van der Waals surface area contributed by atoms with Gasteiger partial charge in [-0.05, 0) is 5.56 Å². The summed E-state index contributed by atoms with van der Waals surface area (Å²) in [4.78, 5) is 26.9. The molecule has 106 valence electrons. The maximum atomic E-state index is 11.4. The third-order valence-corrected chi connectivity index (χ3v) is 3.64. The van der Waals surface area contributed by atoms with Gasteiger partial charge in [0.15, 0.2) is 0 Å². The van der Waals surface area contributed by atoms with E-state index in [2.05, 4.69) is 19.9 Å². The second-order valence-corrected chi connectivity index (χ2v) is 4.83. The van der Waals surface area contributed by atoms with Crippen LogP contribution in [0.15, 0.2) is 18.7 Å². The minimum Gasteiger partial charge on any atom is -0.453 e. The average molecular weight is 275 g/mol. The number of hydrogen-bond donors (Lipinski definition) is 1. The predicted octanol–water partition coefficient (Wildman–Crippen LogP) is 0.842. The van der Waals surface area contributed by atoms with Crippen LogP contribution in [0.25, 0.3) is 11.0 Å². The van der Waals surface area contributed by atoms with Crippen LogP contribution in [0, 0.1) is 0 Å². The molecule has 1 aliphatic heterocycles. The molecule has 1 amide bonds. The highest BCUT2D eigenvalue weighted by molar-refractivity contribution is 5.78. The molecule has 0 atom stereocenters. The van der Waals surface area contributed by atoms with Crippen LogP contribution in [0.3, 0.4) is 0 Å². The topological polar surface area (TPSA) is 74.3 Å². The molecule has 0 saturated carbocycles. The molecule has 3 rings (SSSR count). The van der Waals surface area contributed by atoms with Crippen LogP contribution in [0.5, 0.6) is 0 Å². The van der Waals surface area contributed by atoms with Crippen molar-refractivity contribution in [3.8, 4) is 0 Å². The van der Waals surface area contributed by atoms with Crippen LogP contribution in [-0.4, -0.2) is 64.1 Å². The van der Waals surface area contributed by atoms with Gasteiger partial charge >= 0.3 is 6.09 Å². The van der Waals surface area contributed by atoms with E-state index in [1.165, 1.54) is 19.0 Å². The quantitative estimate of drug-likeness (QED) is 0.879. The molecule has 7 heteroatoms. The van der Waals surface area contributed by atoms with E-state index in [0.717, 1.165) is 30.7 Å². The number of aromatic amines is 1. The van der Waals surface area contributed by atoms with E-state index in [9.17, 15) is 4.79 Å². The van der Waals surface area contributed by atoms with E-state index in [1.807, 2.05) is 12.4 Å². The Morgan fingerprint density at radius 1 is 1.40 bits per heavy atom. The lowest BCUT2D eigenvalue weighted by atomic mass is 10.2. The summed E-state index contributed by atoms with van der Waals surface area (Å²) in [6.45, 7) is 3.92. The Labute approximate surface area is 116 Å². The van der Waals surface area contributed by atoms with E-state index in [1.54, 1.807) is 4.90 Å². The molecule has 0 radical (unpaired) electrons. The summed E-state index contributed by atoms with van der Waals surface area (Å²) in [6.07, 6.45) is 5.10. The molecule has 1 N–H and O–H groups in total. The summed E-state index contributed by atoms with van der Waals surface area (Å²) in [5.41, 5.74) is 2.05. The first-order valence-corrected chi connectivity index (χ1v) is 6.59. The number of ether oxygens (including phenoxy) is 1. The van der Waals surface area contributed by atoms with E-state index >= 15 is 0 Å². The van der Waals surface area contributed by atoms with Gasteiger partial charge in [-0.1, -0.05) is 0 Å². The third kappa shape index (κ3) is 2.44. The summed E-state index contributed by atoms with van der Waals surface area (Å²) >= 11 is 0. The molecule has 1 aliphatic rings. The molecule has 0 aromatic carbocycles. The Morgan fingerprint density at radius 3 is 2.95 bits per heavy atom. The highest BCUT2D eigenvalue weighted by Crippen LogP contribution is 2.17. The van der Waals surface area contributed by atoms with Crippen molar-refractivity contribution in [1.29, 1.82) is 0 Å². The zero-order valence-electron chi connectivity index (χ0n) is 11.4. The van der Waals surface area contributed by atoms with Crippen molar-refractivity contribution in [2.45, 2.75) is 6.54 Å². The van der Waals surface area contributed by atoms with Gasteiger partial charge in [-0.3, -0.25) is 4.90 Å². The molecule has 1 saturated heterocycles. The first-order valence-electron chi connectivity index (χ1n) is 6.59. The molecule has 0 aliphatic carbocycles. The number of nitrogens with zero attached hydrogens (tertiary/aromatic N) is 4. The van der Waals surface area contributed by atoms with Crippen LogP contribution in [-0.2, 0) is 11.3 Å². The molecule has 7 nitrogen and oxygen atoms in total. The Bertz CT molecular complexity index is 604. The van der Waals surface area contributed by atoms with Gasteiger partial charge in [-0.25, -0.2) is 14.8 Å². The molecule has 0 spiro atoms. The fourth-order valence-corrected chi connectivity index (χ4v) is 2.50. The summed E-state index contributed by atoms with van der Waals surface area (Å²) < 4.78 is 4.74. The van der Waals surface area contributed by atoms with Crippen molar-refractivity contribution in [3.05, 3.63) is 24.3 Å². The Hall–Kier alpha value is -2.15. The SMILES string of the molecule is COC(=O)N1CCN(Cc2c[nH]c3ncncc23)CC1. The van der Waals surface area contributed by atoms with Gasteiger partial charge in [0.25, 0.3) is 0 Å². The van der Waals surface area contributed by atoms with E-state index in [4.69, 9.17) is 4.74 Å². The molecule has 2 aromatic rings. The lowest BCUT2D eigenvalue weighted by molar-refractivity contribution is 0.0890. The number of H-pyrrole nitrogens is 1. The normalized spacial score (nSPS) is 16.6. The number of nitrogens with one attached hydrogen (secondary N) is 1. The molecular weight excluding hydrogens is 258 g/mol. The van der Waals surface area contributed by atoms with Crippen molar-refractivity contribution in [3.63, 3.8) is 0 Å². The molecule has 20 heavy (non-hydrogen) atoms. The first kappa shape index (κ1) is 12.9. The van der Waals surface area contributed by atoms with Crippen LogP contribution < -0.4 is 0 Å². The number of rotatable bonds is 2. The highest BCUT2D eigenvalue weighted by Gasteiger charge is 2.22. The monoisotopic (exact) mass is 275 g/mol. The maximum Gasteiger partial charge on any atom is 0.409 e. The minimum absolute atomic E-state index is 0.245. The molecule has 0 bridgehead atoms. The van der Waals surface area contributed by atoms with Gasteiger partial charge in [0.05, 0.1) is 7.11 Å². The number of fused-ring (bicyclic) bond motifs is 1. The number of carbonyl (C=O) groups is 1. The lowest BCUT2D eigenvalue weighted by Crippen LogP contribution is -2.48. The van der Waals surface area contributed by atoms with E-state index in [0.29, 0.717) is 13.1 Å². The van der Waals surface area contributed by atoms with Crippen LogP contribution in [0.4, 0.5) is 4.79 Å². The Kier molecular flexibility index (Phi) is 3.51. The van der Waals surface area contributed by atoms with Crippen LogP contribution >= 0.6 is 0 Å². The first-order chi connectivity index (χ1) is 9.78. The van der Waals surface area contributed by atoms with Gasteiger partial charge in [0.1, 0.15) is 12.0 Å². The number of carbonyl (C=O) groups excluding carboxylic acids is 1. The fraction of sp³-hybridized carbons (Fsp3) is 0.462.